The first-order valence-electron chi connectivity index (χ1n) is 9.81. The summed E-state index contributed by atoms with van der Waals surface area (Å²) in [6, 6.07) is 14.8. The third kappa shape index (κ3) is 4.53. The predicted molar refractivity (Wildman–Crippen MR) is 111 cm³/mol. The zero-order chi connectivity index (χ0) is 21.0. The van der Waals surface area contributed by atoms with Crippen LogP contribution in [0.3, 0.4) is 0 Å². The van der Waals surface area contributed by atoms with Gasteiger partial charge in [-0.15, -0.1) is 0 Å². The smallest absolute Gasteiger partial charge is 0.253 e. The summed E-state index contributed by atoms with van der Waals surface area (Å²) in [5.41, 5.74) is 1.53. The Kier molecular flexibility index (Phi) is 6.42. The molecule has 1 N–H and O–H groups in total. The van der Waals surface area contributed by atoms with Crippen molar-refractivity contribution in [1.29, 1.82) is 0 Å². The van der Waals surface area contributed by atoms with Crippen molar-refractivity contribution in [2.45, 2.75) is 25.8 Å². The molecule has 6 nitrogen and oxygen atoms in total. The van der Waals surface area contributed by atoms with Gasteiger partial charge in [0.1, 0.15) is 11.5 Å². The molecule has 29 heavy (non-hydrogen) atoms. The molecule has 1 saturated heterocycles. The molecule has 0 bridgehead atoms. The number of nitrogens with zero attached hydrogens (tertiary/aromatic N) is 1. The van der Waals surface area contributed by atoms with Crippen LogP contribution in [0, 0.1) is 5.92 Å². The van der Waals surface area contributed by atoms with Gasteiger partial charge >= 0.3 is 0 Å². The molecule has 0 radical (unpaired) electrons. The second-order valence-corrected chi connectivity index (χ2v) is 7.56. The molecule has 1 heterocycles. The monoisotopic (exact) mass is 396 g/mol. The van der Waals surface area contributed by atoms with Gasteiger partial charge in [0.05, 0.1) is 20.1 Å². The Morgan fingerprint density at radius 3 is 2.31 bits per heavy atom. The van der Waals surface area contributed by atoms with Crippen LogP contribution in [0.1, 0.15) is 35.7 Å². The molecule has 2 aromatic rings. The average molecular weight is 396 g/mol. The van der Waals surface area contributed by atoms with Gasteiger partial charge in [0, 0.05) is 30.6 Å². The predicted octanol–water partition coefficient (Wildman–Crippen LogP) is 3.08. The van der Waals surface area contributed by atoms with Crippen LogP contribution >= 0.6 is 0 Å². The van der Waals surface area contributed by atoms with E-state index in [0.29, 0.717) is 24.4 Å². The lowest BCUT2D eigenvalue weighted by Gasteiger charge is -2.21. The van der Waals surface area contributed by atoms with E-state index in [-0.39, 0.29) is 29.7 Å². The molecule has 0 aromatic heterocycles. The number of methoxy groups -OCH3 is 2. The molecule has 1 aliphatic rings. The number of benzene rings is 2. The molecule has 0 saturated carbocycles. The van der Waals surface area contributed by atoms with Crippen molar-refractivity contribution in [3.63, 3.8) is 0 Å². The van der Waals surface area contributed by atoms with E-state index in [1.165, 1.54) is 0 Å². The molecule has 154 valence electrons. The zero-order valence-electron chi connectivity index (χ0n) is 17.3. The van der Waals surface area contributed by atoms with Gasteiger partial charge in [-0.1, -0.05) is 18.2 Å². The SMILES string of the molecule is COc1ccc(C(=O)N2CC(C(=O)NC(C)C)C(c3ccccc3OC)C2)cc1. The fourth-order valence-electron chi connectivity index (χ4n) is 3.83. The molecule has 0 spiro atoms. The summed E-state index contributed by atoms with van der Waals surface area (Å²) in [5, 5.41) is 3.00. The Morgan fingerprint density at radius 2 is 1.69 bits per heavy atom. The lowest BCUT2D eigenvalue weighted by molar-refractivity contribution is -0.125. The fraction of sp³-hybridized carbons (Fsp3) is 0.391. The normalized spacial score (nSPS) is 18.6. The third-order valence-electron chi connectivity index (χ3n) is 5.25. The van der Waals surface area contributed by atoms with Crippen LogP contribution in [0.5, 0.6) is 11.5 Å². The minimum absolute atomic E-state index is 0.0344. The van der Waals surface area contributed by atoms with Gasteiger partial charge in [-0.3, -0.25) is 9.59 Å². The summed E-state index contributed by atoms with van der Waals surface area (Å²) in [4.78, 5) is 27.8. The molecular weight excluding hydrogens is 368 g/mol. The Balaban J connectivity index is 1.89. The van der Waals surface area contributed by atoms with Crippen molar-refractivity contribution in [2.24, 2.45) is 5.92 Å². The van der Waals surface area contributed by atoms with E-state index in [2.05, 4.69) is 5.32 Å². The number of para-hydroxylation sites is 1. The fourth-order valence-corrected chi connectivity index (χ4v) is 3.83. The molecule has 3 rings (SSSR count). The standard InChI is InChI=1S/C23H28N2O4/c1-15(2)24-22(26)20-14-25(23(27)16-9-11-17(28-3)12-10-16)13-19(20)18-7-5-6-8-21(18)29-4/h5-12,15,19-20H,13-14H2,1-4H3,(H,24,26). The van der Waals surface area contributed by atoms with E-state index in [9.17, 15) is 9.59 Å². The lowest BCUT2D eigenvalue weighted by Crippen LogP contribution is -2.39. The molecule has 0 aliphatic carbocycles. The van der Waals surface area contributed by atoms with Gasteiger partial charge in [0.25, 0.3) is 5.91 Å². The highest BCUT2D eigenvalue weighted by Gasteiger charge is 2.41. The van der Waals surface area contributed by atoms with Gasteiger partial charge in [0.2, 0.25) is 5.91 Å². The summed E-state index contributed by atoms with van der Waals surface area (Å²) < 4.78 is 10.7. The summed E-state index contributed by atoms with van der Waals surface area (Å²) in [6.45, 7) is 4.70. The topological polar surface area (TPSA) is 67.9 Å². The maximum Gasteiger partial charge on any atom is 0.253 e. The van der Waals surface area contributed by atoms with E-state index in [4.69, 9.17) is 9.47 Å². The highest BCUT2D eigenvalue weighted by molar-refractivity contribution is 5.95. The van der Waals surface area contributed by atoms with Gasteiger partial charge < -0.3 is 19.7 Å². The van der Waals surface area contributed by atoms with Crippen LogP contribution < -0.4 is 14.8 Å². The van der Waals surface area contributed by atoms with E-state index in [1.807, 2.05) is 38.1 Å². The van der Waals surface area contributed by atoms with Crippen molar-refractivity contribution in [1.82, 2.24) is 10.2 Å². The second-order valence-electron chi connectivity index (χ2n) is 7.56. The number of nitrogens with one attached hydrogen (secondary N) is 1. The molecule has 2 unspecified atom stereocenters. The summed E-state index contributed by atoms with van der Waals surface area (Å²) in [7, 11) is 3.21. The number of ether oxygens (including phenoxy) is 2. The van der Waals surface area contributed by atoms with Crippen LogP contribution in [0.25, 0.3) is 0 Å². The Morgan fingerprint density at radius 1 is 1.00 bits per heavy atom. The molecule has 2 amide bonds. The van der Waals surface area contributed by atoms with Gasteiger partial charge in [0.15, 0.2) is 0 Å². The largest absolute Gasteiger partial charge is 0.497 e. The number of likely N-dealkylation sites (tertiary alicyclic amines) is 1. The van der Waals surface area contributed by atoms with E-state index in [0.717, 1.165) is 11.3 Å². The number of hydrogen-bond donors (Lipinski definition) is 1. The van der Waals surface area contributed by atoms with Gasteiger partial charge in [-0.2, -0.15) is 0 Å². The molecule has 1 fully saturated rings. The Bertz CT molecular complexity index is 863. The summed E-state index contributed by atoms with van der Waals surface area (Å²) in [5.74, 6) is 0.832. The minimum Gasteiger partial charge on any atom is -0.497 e. The Hall–Kier alpha value is -3.02. The van der Waals surface area contributed by atoms with Crippen LogP contribution in [-0.4, -0.2) is 50.1 Å². The van der Waals surface area contributed by atoms with E-state index in [1.54, 1.807) is 43.4 Å². The summed E-state index contributed by atoms with van der Waals surface area (Å²) >= 11 is 0. The van der Waals surface area contributed by atoms with Crippen molar-refractivity contribution in [2.75, 3.05) is 27.3 Å². The molecular formula is C23H28N2O4. The van der Waals surface area contributed by atoms with Crippen LogP contribution in [0.2, 0.25) is 0 Å². The first-order chi connectivity index (χ1) is 13.9. The van der Waals surface area contributed by atoms with Crippen LogP contribution in [-0.2, 0) is 4.79 Å². The molecule has 2 atom stereocenters. The van der Waals surface area contributed by atoms with Gasteiger partial charge in [-0.05, 0) is 49.7 Å². The number of carbonyl (C=O) groups excluding carboxylic acids is 2. The highest BCUT2D eigenvalue weighted by Crippen LogP contribution is 2.38. The zero-order valence-corrected chi connectivity index (χ0v) is 17.3. The third-order valence-corrected chi connectivity index (χ3v) is 5.25. The lowest BCUT2D eigenvalue weighted by atomic mass is 9.87. The van der Waals surface area contributed by atoms with Gasteiger partial charge in [-0.25, -0.2) is 0 Å². The van der Waals surface area contributed by atoms with Crippen LogP contribution in [0.15, 0.2) is 48.5 Å². The quantitative estimate of drug-likeness (QED) is 0.815. The number of rotatable bonds is 6. The van der Waals surface area contributed by atoms with Crippen molar-refractivity contribution >= 4 is 11.8 Å². The number of carbonyl (C=O) groups is 2. The van der Waals surface area contributed by atoms with Crippen molar-refractivity contribution in [3.05, 3.63) is 59.7 Å². The van der Waals surface area contributed by atoms with E-state index < -0.39 is 0 Å². The molecule has 2 aromatic carbocycles. The highest BCUT2D eigenvalue weighted by atomic mass is 16.5. The maximum atomic E-state index is 13.1. The Labute approximate surface area is 171 Å². The number of hydrogen-bond acceptors (Lipinski definition) is 4. The van der Waals surface area contributed by atoms with E-state index >= 15 is 0 Å². The maximum absolute atomic E-state index is 13.1. The van der Waals surface area contributed by atoms with Crippen molar-refractivity contribution < 1.29 is 19.1 Å². The average Bonchev–Trinajstić information content (AvgIpc) is 3.18. The minimum atomic E-state index is -0.337. The second kappa shape index (κ2) is 8.99. The number of amides is 2. The molecule has 1 aliphatic heterocycles. The first-order valence-corrected chi connectivity index (χ1v) is 9.81. The van der Waals surface area contributed by atoms with Crippen LogP contribution in [0.4, 0.5) is 0 Å². The summed E-state index contributed by atoms with van der Waals surface area (Å²) in [6.07, 6.45) is 0. The first kappa shape index (κ1) is 20.7. The van der Waals surface area contributed by atoms with Crippen molar-refractivity contribution in [3.8, 4) is 11.5 Å². The molecule has 6 heteroatoms.